The molecule has 3 nitrogen and oxygen atoms in total. The maximum absolute atomic E-state index is 12.3. The minimum atomic E-state index is 0.0758. The van der Waals surface area contributed by atoms with Crippen LogP contribution in [0.2, 0.25) is 0 Å². The summed E-state index contributed by atoms with van der Waals surface area (Å²) in [5.41, 5.74) is 0. The Morgan fingerprint density at radius 3 is 2.44 bits per heavy atom. The zero-order valence-electron chi connectivity index (χ0n) is 10.5. The number of nitrogens with one attached hydrogen (secondary N) is 1. The van der Waals surface area contributed by atoms with Crippen molar-refractivity contribution in [3.63, 3.8) is 0 Å². The first-order valence-corrected chi connectivity index (χ1v) is 6.86. The van der Waals surface area contributed by atoms with Crippen molar-refractivity contribution in [2.45, 2.75) is 77.0 Å². The third kappa shape index (κ3) is 2.10. The number of nitrogens with zero attached hydrogens (tertiary/aromatic N) is 1. The van der Waals surface area contributed by atoms with Crippen LogP contribution >= 0.6 is 0 Å². The minimum Gasteiger partial charge on any atom is -0.323 e. The van der Waals surface area contributed by atoms with Gasteiger partial charge in [-0.25, -0.2) is 0 Å². The molecule has 16 heavy (non-hydrogen) atoms. The van der Waals surface area contributed by atoms with Crippen molar-refractivity contribution in [3.8, 4) is 0 Å². The standard InChI is InChI=1S/C13H24N2O/c1-3-11-13(16)15(12(4-2)14-11)10-8-6-5-7-9-10/h10-12,14H,3-9H2,1-2H3. The highest BCUT2D eigenvalue weighted by Crippen LogP contribution is 2.28. The molecule has 0 spiro atoms. The van der Waals surface area contributed by atoms with Gasteiger partial charge in [0.05, 0.1) is 12.2 Å². The zero-order valence-corrected chi connectivity index (χ0v) is 10.5. The summed E-state index contributed by atoms with van der Waals surface area (Å²) in [6, 6.07) is 0.585. The summed E-state index contributed by atoms with van der Waals surface area (Å²) in [6.45, 7) is 4.26. The molecule has 2 unspecified atom stereocenters. The van der Waals surface area contributed by atoms with Crippen molar-refractivity contribution in [2.75, 3.05) is 0 Å². The second-order valence-electron chi connectivity index (χ2n) is 5.09. The Morgan fingerprint density at radius 2 is 1.88 bits per heavy atom. The van der Waals surface area contributed by atoms with Gasteiger partial charge in [-0.2, -0.15) is 0 Å². The SMILES string of the molecule is CCC1NC(CC)N(C2CCCCC2)C1=O. The van der Waals surface area contributed by atoms with E-state index in [1.165, 1.54) is 32.1 Å². The lowest BCUT2D eigenvalue weighted by molar-refractivity contribution is -0.133. The van der Waals surface area contributed by atoms with Gasteiger partial charge < -0.3 is 4.90 Å². The van der Waals surface area contributed by atoms with Crippen LogP contribution in [0.3, 0.4) is 0 Å². The second-order valence-corrected chi connectivity index (χ2v) is 5.09. The van der Waals surface area contributed by atoms with Crippen molar-refractivity contribution >= 4 is 5.91 Å². The van der Waals surface area contributed by atoms with Crippen LogP contribution in [-0.4, -0.2) is 29.1 Å². The first-order chi connectivity index (χ1) is 7.77. The van der Waals surface area contributed by atoms with Gasteiger partial charge in [0.2, 0.25) is 5.91 Å². The molecular formula is C13H24N2O. The van der Waals surface area contributed by atoms with E-state index in [0.29, 0.717) is 18.1 Å². The van der Waals surface area contributed by atoms with Gasteiger partial charge in [0.25, 0.3) is 0 Å². The van der Waals surface area contributed by atoms with Crippen LogP contribution in [0.4, 0.5) is 0 Å². The fourth-order valence-electron chi connectivity index (χ4n) is 3.12. The summed E-state index contributed by atoms with van der Waals surface area (Å²) in [4.78, 5) is 14.4. The van der Waals surface area contributed by atoms with Crippen LogP contribution in [-0.2, 0) is 4.79 Å². The topological polar surface area (TPSA) is 32.3 Å². The van der Waals surface area contributed by atoms with Crippen LogP contribution in [0.25, 0.3) is 0 Å². The molecule has 3 heteroatoms. The number of carbonyl (C=O) groups excluding carboxylic acids is 1. The van der Waals surface area contributed by atoms with Gasteiger partial charge in [-0.15, -0.1) is 0 Å². The van der Waals surface area contributed by atoms with E-state index in [1.54, 1.807) is 0 Å². The van der Waals surface area contributed by atoms with E-state index in [2.05, 4.69) is 24.1 Å². The van der Waals surface area contributed by atoms with E-state index in [-0.39, 0.29) is 6.04 Å². The molecule has 1 aliphatic heterocycles. The molecule has 2 aliphatic rings. The molecule has 0 aromatic rings. The summed E-state index contributed by atoms with van der Waals surface area (Å²) in [7, 11) is 0. The highest BCUT2D eigenvalue weighted by Gasteiger charge is 2.40. The van der Waals surface area contributed by atoms with E-state index in [0.717, 1.165) is 12.8 Å². The van der Waals surface area contributed by atoms with Gasteiger partial charge in [-0.1, -0.05) is 33.1 Å². The Morgan fingerprint density at radius 1 is 1.19 bits per heavy atom. The average Bonchev–Trinajstić information content (AvgIpc) is 2.66. The third-order valence-electron chi connectivity index (χ3n) is 4.04. The van der Waals surface area contributed by atoms with Crippen molar-refractivity contribution in [1.82, 2.24) is 10.2 Å². The number of carbonyl (C=O) groups is 1. The van der Waals surface area contributed by atoms with Gasteiger partial charge in [-0.05, 0) is 25.7 Å². The summed E-state index contributed by atoms with van der Waals surface area (Å²) in [5, 5.41) is 3.46. The average molecular weight is 224 g/mol. The molecule has 1 saturated heterocycles. The van der Waals surface area contributed by atoms with Crippen LogP contribution in [0.5, 0.6) is 0 Å². The molecule has 1 heterocycles. The van der Waals surface area contributed by atoms with Crippen molar-refractivity contribution in [1.29, 1.82) is 0 Å². The Hall–Kier alpha value is -0.570. The number of hydrogen-bond donors (Lipinski definition) is 1. The molecule has 0 bridgehead atoms. The molecule has 0 aromatic heterocycles. The Bertz CT molecular complexity index is 248. The maximum Gasteiger partial charge on any atom is 0.241 e. The molecule has 2 atom stereocenters. The predicted molar refractivity (Wildman–Crippen MR) is 65.0 cm³/mol. The third-order valence-corrected chi connectivity index (χ3v) is 4.04. The molecule has 1 N–H and O–H groups in total. The molecular weight excluding hydrogens is 200 g/mol. The molecule has 92 valence electrons. The quantitative estimate of drug-likeness (QED) is 0.797. The van der Waals surface area contributed by atoms with Gasteiger partial charge in [0.1, 0.15) is 0 Å². The first-order valence-electron chi connectivity index (χ1n) is 6.86. The van der Waals surface area contributed by atoms with Crippen molar-refractivity contribution < 1.29 is 4.79 Å². The normalized spacial score (nSPS) is 32.4. The van der Waals surface area contributed by atoms with Crippen LogP contribution < -0.4 is 5.32 Å². The van der Waals surface area contributed by atoms with Crippen LogP contribution in [0, 0.1) is 0 Å². The molecule has 0 aromatic carbocycles. The summed E-state index contributed by atoms with van der Waals surface area (Å²) >= 11 is 0. The highest BCUT2D eigenvalue weighted by molar-refractivity contribution is 5.84. The molecule has 2 rings (SSSR count). The largest absolute Gasteiger partial charge is 0.323 e. The molecule has 1 saturated carbocycles. The maximum atomic E-state index is 12.3. The summed E-state index contributed by atoms with van der Waals surface area (Å²) < 4.78 is 0. The highest BCUT2D eigenvalue weighted by atomic mass is 16.2. The molecule has 0 radical (unpaired) electrons. The van der Waals surface area contributed by atoms with E-state index in [9.17, 15) is 4.79 Å². The van der Waals surface area contributed by atoms with E-state index in [1.807, 2.05) is 0 Å². The van der Waals surface area contributed by atoms with Crippen LogP contribution in [0.15, 0.2) is 0 Å². The second kappa shape index (κ2) is 5.17. The summed E-state index contributed by atoms with van der Waals surface area (Å²) in [5.74, 6) is 0.348. The van der Waals surface area contributed by atoms with Crippen molar-refractivity contribution in [3.05, 3.63) is 0 Å². The van der Waals surface area contributed by atoms with Crippen LogP contribution in [0.1, 0.15) is 58.8 Å². The zero-order chi connectivity index (χ0) is 11.5. The fraction of sp³-hybridized carbons (Fsp3) is 0.923. The van der Waals surface area contributed by atoms with E-state index >= 15 is 0 Å². The first kappa shape index (κ1) is 11.9. The number of rotatable bonds is 3. The molecule has 2 fully saturated rings. The predicted octanol–water partition coefficient (Wildman–Crippen LogP) is 2.27. The van der Waals surface area contributed by atoms with Crippen molar-refractivity contribution in [2.24, 2.45) is 0 Å². The Labute approximate surface area is 98.6 Å². The monoisotopic (exact) mass is 224 g/mol. The molecule has 1 amide bonds. The van der Waals surface area contributed by atoms with E-state index < -0.39 is 0 Å². The molecule has 1 aliphatic carbocycles. The Kier molecular flexibility index (Phi) is 3.85. The van der Waals surface area contributed by atoms with Gasteiger partial charge in [0.15, 0.2) is 0 Å². The lowest BCUT2D eigenvalue weighted by Crippen LogP contribution is -2.45. The fourth-order valence-corrected chi connectivity index (χ4v) is 3.12. The lowest BCUT2D eigenvalue weighted by atomic mass is 9.93. The number of amides is 1. The summed E-state index contributed by atoms with van der Waals surface area (Å²) in [6.07, 6.45) is 8.59. The van der Waals surface area contributed by atoms with Gasteiger partial charge >= 0.3 is 0 Å². The lowest BCUT2D eigenvalue weighted by Gasteiger charge is -2.34. The van der Waals surface area contributed by atoms with Gasteiger partial charge in [0, 0.05) is 6.04 Å². The number of hydrogen-bond acceptors (Lipinski definition) is 2. The smallest absolute Gasteiger partial charge is 0.241 e. The minimum absolute atomic E-state index is 0.0758. The van der Waals surface area contributed by atoms with Gasteiger partial charge in [-0.3, -0.25) is 10.1 Å². The van der Waals surface area contributed by atoms with E-state index in [4.69, 9.17) is 0 Å². The Balaban J connectivity index is 2.07.